The molecule has 2 aliphatic heterocycles. The van der Waals surface area contributed by atoms with Gasteiger partial charge in [-0.3, -0.25) is 24.6 Å². The number of hydrogen-bond acceptors (Lipinski definition) is 5. The van der Waals surface area contributed by atoms with Crippen LogP contribution in [0.25, 0.3) is 0 Å². The molecule has 2 aliphatic rings. The van der Waals surface area contributed by atoms with Gasteiger partial charge in [0.05, 0.1) is 16.2 Å². The quantitative estimate of drug-likeness (QED) is 0.617. The van der Waals surface area contributed by atoms with Crippen molar-refractivity contribution in [3.8, 4) is 0 Å². The van der Waals surface area contributed by atoms with E-state index >= 15 is 0 Å². The Morgan fingerprint density at radius 1 is 1.41 bits per heavy atom. The summed E-state index contributed by atoms with van der Waals surface area (Å²) in [6.07, 6.45) is 1.37. The predicted octanol–water partition coefficient (Wildman–Crippen LogP) is 1.15. The van der Waals surface area contributed by atoms with E-state index in [0.717, 1.165) is 6.42 Å². The molecule has 0 radical (unpaired) electrons. The number of nitro groups is 1. The molecule has 3 rings (SSSR count). The van der Waals surface area contributed by atoms with Crippen molar-refractivity contribution in [2.24, 2.45) is 0 Å². The minimum atomic E-state index is -0.549. The van der Waals surface area contributed by atoms with E-state index in [4.69, 9.17) is 4.74 Å². The van der Waals surface area contributed by atoms with Crippen molar-refractivity contribution in [2.45, 2.75) is 18.9 Å². The van der Waals surface area contributed by atoms with Crippen LogP contribution in [0.3, 0.4) is 0 Å². The molecule has 0 spiro atoms. The maximum Gasteiger partial charge on any atom is 0.271 e. The number of carbonyl (C=O) groups excluding carboxylic acids is 2. The van der Waals surface area contributed by atoms with E-state index in [1.807, 2.05) is 0 Å². The highest BCUT2D eigenvalue weighted by Crippen LogP contribution is 2.34. The Balaban J connectivity index is 2.16. The summed E-state index contributed by atoms with van der Waals surface area (Å²) in [7, 11) is 1.43. The van der Waals surface area contributed by atoms with Gasteiger partial charge in [-0.25, -0.2) is 0 Å². The van der Waals surface area contributed by atoms with Gasteiger partial charge in [-0.15, -0.1) is 0 Å². The zero-order chi connectivity index (χ0) is 15.9. The van der Waals surface area contributed by atoms with Gasteiger partial charge in [0.15, 0.2) is 0 Å². The van der Waals surface area contributed by atoms with Gasteiger partial charge in [0, 0.05) is 25.8 Å². The van der Waals surface area contributed by atoms with Crippen molar-refractivity contribution < 1.29 is 19.2 Å². The van der Waals surface area contributed by atoms with Crippen LogP contribution in [0.5, 0.6) is 0 Å². The molecule has 1 aromatic rings. The summed E-state index contributed by atoms with van der Waals surface area (Å²) < 4.78 is 5.05. The molecule has 0 aliphatic carbocycles. The molecular formula is C14H15N3O5. The largest absolute Gasteiger partial charge is 0.364 e. The number of amides is 2. The minimum Gasteiger partial charge on any atom is -0.364 e. The molecule has 22 heavy (non-hydrogen) atoms. The number of non-ortho nitro benzene ring substituents is 1. The Morgan fingerprint density at radius 3 is 2.86 bits per heavy atom. The lowest BCUT2D eigenvalue weighted by molar-refractivity contribution is -0.384. The van der Waals surface area contributed by atoms with Gasteiger partial charge in [0.2, 0.25) is 0 Å². The van der Waals surface area contributed by atoms with Gasteiger partial charge in [-0.1, -0.05) is 0 Å². The lowest BCUT2D eigenvalue weighted by Crippen LogP contribution is -2.45. The van der Waals surface area contributed by atoms with E-state index in [-0.39, 0.29) is 29.9 Å². The van der Waals surface area contributed by atoms with Crippen LogP contribution in [0.2, 0.25) is 0 Å². The third-order valence-corrected chi connectivity index (χ3v) is 4.04. The summed E-state index contributed by atoms with van der Waals surface area (Å²) >= 11 is 0. The number of anilines is 1. The first-order chi connectivity index (χ1) is 10.5. The fourth-order valence-corrected chi connectivity index (χ4v) is 3.02. The standard InChI is InChI=1S/C14H15N3O5/c1-22-8-16-12-7-9(17(20)21)4-5-10(12)13(18)15-6-2-3-11(15)14(16)19/h4-5,7,11H,2-3,6,8H2,1H3/t11-/m0/s1. The topological polar surface area (TPSA) is 93.0 Å². The Morgan fingerprint density at radius 2 is 2.18 bits per heavy atom. The highest BCUT2D eigenvalue weighted by molar-refractivity contribution is 6.11. The zero-order valence-electron chi connectivity index (χ0n) is 12.0. The monoisotopic (exact) mass is 305 g/mol. The maximum absolute atomic E-state index is 12.7. The van der Waals surface area contributed by atoms with Crippen molar-refractivity contribution in [2.75, 3.05) is 25.3 Å². The number of methoxy groups -OCH3 is 1. The molecule has 0 aromatic heterocycles. The number of benzene rings is 1. The summed E-state index contributed by atoms with van der Waals surface area (Å²) in [5.74, 6) is -0.522. The Kier molecular flexibility index (Phi) is 3.53. The van der Waals surface area contributed by atoms with Gasteiger partial charge in [-0.05, 0) is 18.9 Å². The van der Waals surface area contributed by atoms with Crippen molar-refractivity contribution in [1.82, 2.24) is 4.90 Å². The molecule has 0 N–H and O–H groups in total. The third kappa shape index (κ3) is 2.12. The highest BCUT2D eigenvalue weighted by Gasteiger charge is 2.42. The average Bonchev–Trinajstić information content (AvgIpc) is 2.97. The van der Waals surface area contributed by atoms with Crippen molar-refractivity contribution in [3.05, 3.63) is 33.9 Å². The molecule has 0 saturated carbocycles. The van der Waals surface area contributed by atoms with E-state index in [0.29, 0.717) is 18.5 Å². The number of nitrogens with zero attached hydrogens (tertiary/aromatic N) is 3. The predicted molar refractivity (Wildman–Crippen MR) is 76.5 cm³/mol. The SMILES string of the molecule is COCN1C(=O)[C@@H]2CCCN2C(=O)c2ccc([N+](=O)[O-])cc21. The Labute approximate surface area is 126 Å². The van der Waals surface area contributed by atoms with Crippen molar-refractivity contribution >= 4 is 23.2 Å². The van der Waals surface area contributed by atoms with Gasteiger partial charge >= 0.3 is 0 Å². The van der Waals surface area contributed by atoms with E-state index in [9.17, 15) is 19.7 Å². The number of carbonyl (C=O) groups is 2. The Hall–Kier alpha value is -2.48. The van der Waals surface area contributed by atoms with Gasteiger partial charge < -0.3 is 9.64 Å². The molecule has 2 amide bonds. The molecule has 0 bridgehead atoms. The van der Waals surface area contributed by atoms with Crippen molar-refractivity contribution in [1.29, 1.82) is 0 Å². The van der Waals surface area contributed by atoms with Gasteiger partial charge in [0.1, 0.15) is 12.8 Å². The summed E-state index contributed by atoms with van der Waals surface area (Å²) in [6, 6.07) is 3.43. The lowest BCUT2D eigenvalue weighted by atomic mass is 10.1. The first-order valence-electron chi connectivity index (χ1n) is 6.94. The summed E-state index contributed by atoms with van der Waals surface area (Å²) in [6.45, 7) is 0.469. The lowest BCUT2D eigenvalue weighted by Gasteiger charge is -2.24. The second-order valence-electron chi connectivity index (χ2n) is 5.30. The molecule has 8 nitrogen and oxygen atoms in total. The molecule has 0 unspecified atom stereocenters. The normalized spacial score (nSPS) is 20.7. The van der Waals surface area contributed by atoms with Crippen LogP contribution >= 0.6 is 0 Å². The van der Waals surface area contributed by atoms with Gasteiger partial charge in [0.25, 0.3) is 17.5 Å². The number of fused-ring (bicyclic) bond motifs is 2. The van der Waals surface area contributed by atoms with Crippen molar-refractivity contribution in [3.63, 3.8) is 0 Å². The summed E-state index contributed by atoms with van der Waals surface area (Å²) in [5.41, 5.74) is 0.364. The molecule has 1 fully saturated rings. The van der Waals surface area contributed by atoms with E-state index in [1.54, 1.807) is 4.90 Å². The molecule has 116 valence electrons. The highest BCUT2D eigenvalue weighted by atomic mass is 16.6. The smallest absolute Gasteiger partial charge is 0.271 e. The van der Waals surface area contributed by atoms with Crippen LogP contribution in [-0.2, 0) is 9.53 Å². The molecular weight excluding hydrogens is 290 g/mol. The van der Waals surface area contributed by atoms with Crippen LogP contribution in [0.15, 0.2) is 18.2 Å². The molecule has 1 atom stereocenters. The Bertz CT molecular complexity index is 660. The maximum atomic E-state index is 12.7. The van der Waals surface area contributed by atoms with Crippen LogP contribution in [-0.4, -0.2) is 48.1 Å². The first-order valence-corrected chi connectivity index (χ1v) is 6.94. The van der Waals surface area contributed by atoms with Crippen LogP contribution in [0.1, 0.15) is 23.2 Å². The second-order valence-corrected chi connectivity index (χ2v) is 5.30. The minimum absolute atomic E-state index is 0.0510. The number of ether oxygens (including phenoxy) is 1. The third-order valence-electron chi connectivity index (χ3n) is 4.04. The van der Waals surface area contributed by atoms with E-state index in [1.165, 1.54) is 30.2 Å². The fraction of sp³-hybridized carbons (Fsp3) is 0.429. The number of rotatable bonds is 3. The van der Waals surface area contributed by atoms with Crippen LogP contribution in [0, 0.1) is 10.1 Å². The van der Waals surface area contributed by atoms with E-state index in [2.05, 4.69) is 0 Å². The molecule has 2 heterocycles. The van der Waals surface area contributed by atoms with E-state index < -0.39 is 11.0 Å². The molecule has 1 aromatic carbocycles. The zero-order valence-corrected chi connectivity index (χ0v) is 12.0. The van der Waals surface area contributed by atoms with Gasteiger partial charge in [-0.2, -0.15) is 0 Å². The number of hydrogen-bond donors (Lipinski definition) is 0. The first kappa shape index (κ1) is 14.5. The van der Waals surface area contributed by atoms with Crippen LogP contribution < -0.4 is 4.90 Å². The second kappa shape index (κ2) is 5.38. The average molecular weight is 305 g/mol. The molecule has 1 saturated heterocycles. The summed E-state index contributed by atoms with van der Waals surface area (Å²) in [5, 5.41) is 11.0. The fourth-order valence-electron chi connectivity index (χ4n) is 3.02. The van der Waals surface area contributed by atoms with Crippen LogP contribution in [0.4, 0.5) is 11.4 Å². The summed E-state index contributed by atoms with van der Waals surface area (Å²) in [4.78, 5) is 38.6. The molecule has 8 heteroatoms. The number of nitro benzene ring substituents is 1.